The van der Waals surface area contributed by atoms with Gasteiger partial charge in [-0.25, -0.2) is 19.0 Å². The van der Waals surface area contributed by atoms with Gasteiger partial charge in [0, 0.05) is 11.4 Å². The maximum absolute atomic E-state index is 13.3. The lowest BCUT2D eigenvalue weighted by Gasteiger charge is -2.05. The molecule has 0 aliphatic rings. The van der Waals surface area contributed by atoms with E-state index in [9.17, 15) is 4.39 Å². The Morgan fingerprint density at radius 3 is 2.85 bits per heavy atom. The summed E-state index contributed by atoms with van der Waals surface area (Å²) in [6, 6.07) is 6.46. The smallest absolute Gasteiger partial charge is 0.199 e. The number of nitrogens with zero attached hydrogens (tertiary/aromatic N) is 5. The van der Waals surface area contributed by atoms with Crippen molar-refractivity contribution in [3.8, 4) is 11.5 Å². The number of anilines is 1. The predicted octanol–water partition coefficient (Wildman–Crippen LogP) is 4.03. The van der Waals surface area contributed by atoms with Crippen LogP contribution >= 0.6 is 23.4 Å². The van der Waals surface area contributed by atoms with Gasteiger partial charge in [-0.15, -0.1) is 0 Å². The highest BCUT2D eigenvalue weighted by Gasteiger charge is 2.19. The molecular weight excluding hydrogens is 379 g/mol. The molecule has 3 heterocycles. The summed E-state index contributed by atoms with van der Waals surface area (Å²) in [4.78, 5) is 9.73. The van der Waals surface area contributed by atoms with Crippen LogP contribution < -0.4 is 5.73 Å². The van der Waals surface area contributed by atoms with Gasteiger partial charge in [-0.05, 0) is 41.5 Å². The van der Waals surface area contributed by atoms with Crippen LogP contribution in [-0.2, 0) is 6.54 Å². The van der Waals surface area contributed by atoms with Gasteiger partial charge in [0.2, 0.25) is 0 Å². The Kier molecular flexibility index (Phi) is 4.25. The molecule has 4 rings (SSSR count). The normalized spacial score (nSPS) is 11.3. The average molecular weight is 391 g/mol. The molecule has 3 aromatic heterocycles. The molecule has 0 bridgehead atoms. The van der Waals surface area contributed by atoms with Crippen LogP contribution in [0.2, 0.25) is 5.02 Å². The molecule has 0 aliphatic heterocycles. The van der Waals surface area contributed by atoms with E-state index in [0.29, 0.717) is 23.6 Å². The average Bonchev–Trinajstić information content (AvgIpc) is 3.20. The quantitative estimate of drug-likeness (QED) is 0.562. The Morgan fingerprint density at radius 2 is 2.15 bits per heavy atom. The Morgan fingerprint density at radius 1 is 1.31 bits per heavy atom. The van der Waals surface area contributed by atoms with Crippen molar-refractivity contribution in [2.75, 3.05) is 5.73 Å². The van der Waals surface area contributed by atoms with Crippen molar-refractivity contribution < 1.29 is 9.02 Å². The van der Waals surface area contributed by atoms with Crippen molar-refractivity contribution in [3.63, 3.8) is 0 Å². The Balaban J connectivity index is 1.77. The number of pyridine rings is 1. The molecule has 26 heavy (non-hydrogen) atoms. The second kappa shape index (κ2) is 6.58. The summed E-state index contributed by atoms with van der Waals surface area (Å²) in [5.74, 6) is 0.292. The zero-order valence-electron chi connectivity index (χ0n) is 13.5. The standard InChI is InChI=1S/C16H12ClFN6OS/c1-2-24-12-6-13(26-8-3-4-10(18)9(17)5-8)20-7-11(12)21-16(24)14-15(19)23-25-22-14/h3-7H,2H2,1H3,(H2,19,23). The maximum atomic E-state index is 13.3. The van der Waals surface area contributed by atoms with Gasteiger partial charge in [-0.1, -0.05) is 23.4 Å². The summed E-state index contributed by atoms with van der Waals surface area (Å²) < 4.78 is 19.9. The molecule has 0 atom stereocenters. The number of fused-ring (bicyclic) bond motifs is 1. The van der Waals surface area contributed by atoms with Crippen LogP contribution in [0.5, 0.6) is 0 Å². The van der Waals surface area contributed by atoms with Crippen LogP contribution in [0.4, 0.5) is 10.2 Å². The van der Waals surface area contributed by atoms with Crippen molar-refractivity contribution in [3.05, 3.63) is 41.3 Å². The largest absolute Gasteiger partial charge is 0.379 e. The topological polar surface area (TPSA) is 95.7 Å². The van der Waals surface area contributed by atoms with Crippen LogP contribution in [0.25, 0.3) is 22.6 Å². The number of aryl methyl sites for hydroxylation is 1. The van der Waals surface area contributed by atoms with E-state index in [0.717, 1.165) is 15.4 Å². The van der Waals surface area contributed by atoms with Crippen LogP contribution in [0.1, 0.15) is 6.92 Å². The minimum atomic E-state index is -0.452. The first-order valence-electron chi connectivity index (χ1n) is 7.64. The van der Waals surface area contributed by atoms with Gasteiger partial charge in [0.05, 0.1) is 16.7 Å². The van der Waals surface area contributed by atoms with Crippen molar-refractivity contribution in [1.82, 2.24) is 24.8 Å². The predicted molar refractivity (Wildman–Crippen MR) is 96.4 cm³/mol. The summed E-state index contributed by atoms with van der Waals surface area (Å²) in [6.45, 7) is 2.63. The van der Waals surface area contributed by atoms with Crippen molar-refractivity contribution in [2.45, 2.75) is 23.4 Å². The number of hydrogen-bond acceptors (Lipinski definition) is 7. The highest BCUT2D eigenvalue weighted by atomic mass is 35.5. The van der Waals surface area contributed by atoms with Gasteiger partial charge in [-0.2, -0.15) is 0 Å². The molecule has 0 spiro atoms. The number of aromatic nitrogens is 5. The zero-order chi connectivity index (χ0) is 18.3. The lowest BCUT2D eigenvalue weighted by molar-refractivity contribution is 0.310. The number of nitrogens with two attached hydrogens (primary N) is 1. The Hall–Kier alpha value is -2.65. The summed E-state index contributed by atoms with van der Waals surface area (Å²) in [5, 5.41) is 8.23. The molecular formula is C16H12ClFN6OS. The van der Waals surface area contributed by atoms with E-state index in [-0.39, 0.29) is 10.8 Å². The SMILES string of the molecule is CCn1c(-c2nonc2N)nc2cnc(Sc3ccc(F)c(Cl)c3)cc21. The van der Waals surface area contributed by atoms with E-state index in [1.54, 1.807) is 18.3 Å². The molecule has 0 radical (unpaired) electrons. The van der Waals surface area contributed by atoms with Crippen LogP contribution in [0.15, 0.2) is 45.0 Å². The lowest BCUT2D eigenvalue weighted by atomic mass is 10.3. The van der Waals surface area contributed by atoms with Gasteiger partial charge >= 0.3 is 0 Å². The fourth-order valence-corrected chi connectivity index (χ4v) is 3.65. The van der Waals surface area contributed by atoms with Gasteiger partial charge < -0.3 is 10.3 Å². The van der Waals surface area contributed by atoms with Crippen molar-refractivity contribution in [1.29, 1.82) is 0 Å². The van der Waals surface area contributed by atoms with Gasteiger partial charge in [0.25, 0.3) is 0 Å². The van der Waals surface area contributed by atoms with E-state index < -0.39 is 5.82 Å². The van der Waals surface area contributed by atoms with E-state index in [1.165, 1.54) is 17.8 Å². The third-order valence-corrected chi connectivity index (χ3v) is 4.98. The highest BCUT2D eigenvalue weighted by molar-refractivity contribution is 7.99. The molecule has 0 saturated carbocycles. The molecule has 0 amide bonds. The minimum absolute atomic E-state index is 0.0750. The summed E-state index contributed by atoms with van der Waals surface area (Å²) in [7, 11) is 0. The fraction of sp³-hybridized carbons (Fsp3) is 0.125. The first-order valence-corrected chi connectivity index (χ1v) is 8.84. The van der Waals surface area contributed by atoms with E-state index in [2.05, 4.69) is 24.9 Å². The minimum Gasteiger partial charge on any atom is -0.379 e. The van der Waals surface area contributed by atoms with Gasteiger partial charge in [-0.3, -0.25) is 0 Å². The molecule has 0 unspecified atom stereocenters. The number of nitrogen functional groups attached to an aromatic ring is 1. The number of benzene rings is 1. The maximum Gasteiger partial charge on any atom is 0.199 e. The van der Waals surface area contributed by atoms with Crippen LogP contribution in [-0.4, -0.2) is 24.8 Å². The fourth-order valence-electron chi connectivity index (χ4n) is 2.58. The second-order valence-electron chi connectivity index (χ2n) is 5.37. The summed E-state index contributed by atoms with van der Waals surface area (Å²) in [5.41, 5.74) is 7.75. The monoisotopic (exact) mass is 390 g/mol. The van der Waals surface area contributed by atoms with Crippen molar-refractivity contribution >= 4 is 40.2 Å². The number of rotatable bonds is 4. The lowest BCUT2D eigenvalue weighted by Crippen LogP contribution is -2.00. The molecule has 2 N–H and O–H groups in total. The molecule has 0 aliphatic carbocycles. The molecule has 1 aromatic carbocycles. The first kappa shape index (κ1) is 16.8. The summed E-state index contributed by atoms with van der Waals surface area (Å²) in [6.07, 6.45) is 1.67. The number of imidazole rings is 1. The Labute approximate surface area is 156 Å². The van der Waals surface area contributed by atoms with E-state index >= 15 is 0 Å². The first-order chi connectivity index (χ1) is 12.6. The summed E-state index contributed by atoms with van der Waals surface area (Å²) >= 11 is 7.22. The van der Waals surface area contributed by atoms with E-state index in [1.807, 2.05) is 17.6 Å². The second-order valence-corrected chi connectivity index (χ2v) is 6.87. The molecule has 132 valence electrons. The van der Waals surface area contributed by atoms with Crippen LogP contribution in [0.3, 0.4) is 0 Å². The van der Waals surface area contributed by atoms with Crippen molar-refractivity contribution in [2.24, 2.45) is 0 Å². The number of hydrogen-bond donors (Lipinski definition) is 1. The Bertz CT molecular complexity index is 1110. The third-order valence-electron chi connectivity index (χ3n) is 3.76. The van der Waals surface area contributed by atoms with Crippen LogP contribution in [0, 0.1) is 5.82 Å². The van der Waals surface area contributed by atoms with E-state index in [4.69, 9.17) is 17.3 Å². The molecule has 0 fully saturated rings. The van der Waals surface area contributed by atoms with Gasteiger partial charge in [0.1, 0.15) is 16.4 Å². The highest BCUT2D eigenvalue weighted by Crippen LogP contribution is 2.32. The third kappa shape index (κ3) is 2.89. The zero-order valence-corrected chi connectivity index (χ0v) is 15.1. The number of halogens is 2. The molecule has 7 nitrogen and oxygen atoms in total. The van der Waals surface area contributed by atoms with Gasteiger partial charge in [0.15, 0.2) is 17.3 Å². The molecule has 0 saturated heterocycles. The molecule has 10 heteroatoms. The molecule has 4 aromatic rings.